The van der Waals surface area contributed by atoms with E-state index < -0.39 is 0 Å². The van der Waals surface area contributed by atoms with E-state index in [2.05, 4.69) is 32.6 Å². The van der Waals surface area contributed by atoms with Gasteiger partial charge in [0.05, 0.1) is 0 Å². The van der Waals surface area contributed by atoms with Crippen LogP contribution in [0.3, 0.4) is 0 Å². The van der Waals surface area contributed by atoms with Crippen molar-refractivity contribution in [1.29, 1.82) is 0 Å². The monoisotopic (exact) mass is 209 g/mol. The van der Waals surface area contributed by atoms with Gasteiger partial charge >= 0.3 is 0 Å². The summed E-state index contributed by atoms with van der Waals surface area (Å²) in [4.78, 5) is 14.2. The molecule has 2 fully saturated rings. The predicted molar refractivity (Wildman–Crippen MR) is 61.5 cm³/mol. The average Bonchev–Trinajstić information content (AvgIpc) is 2.53. The van der Waals surface area contributed by atoms with Gasteiger partial charge in [0.1, 0.15) is 0 Å². The number of piperidine rings is 1. The van der Waals surface area contributed by atoms with Crippen molar-refractivity contribution >= 4 is 5.91 Å². The number of carbonyl (C=O) groups excluding carboxylic acids is 1. The van der Waals surface area contributed by atoms with E-state index in [9.17, 15) is 4.79 Å². The molecule has 2 aliphatic rings. The van der Waals surface area contributed by atoms with Gasteiger partial charge in [-0.1, -0.05) is 27.7 Å². The third kappa shape index (κ3) is 1.68. The number of hydrogen-bond acceptors (Lipinski definition) is 1. The summed E-state index contributed by atoms with van der Waals surface area (Å²) < 4.78 is 0. The van der Waals surface area contributed by atoms with Crippen molar-refractivity contribution in [2.75, 3.05) is 6.54 Å². The molecular weight excluding hydrogens is 186 g/mol. The zero-order valence-electron chi connectivity index (χ0n) is 10.5. The van der Waals surface area contributed by atoms with Gasteiger partial charge in [0.15, 0.2) is 0 Å². The zero-order valence-corrected chi connectivity index (χ0v) is 10.5. The molecule has 1 saturated carbocycles. The molecule has 2 nitrogen and oxygen atoms in total. The van der Waals surface area contributed by atoms with E-state index in [1.165, 1.54) is 12.8 Å². The number of hydrogen-bond donors (Lipinski definition) is 0. The SMILES string of the molecule is CCCC(=O)N1C[C@@]2(C)C[C@H]1C(C)(C)C2. The molecule has 2 bridgehead atoms. The van der Waals surface area contributed by atoms with Gasteiger partial charge in [-0.15, -0.1) is 0 Å². The zero-order chi connectivity index (χ0) is 11.3. The number of likely N-dealkylation sites (tertiary alicyclic amines) is 1. The van der Waals surface area contributed by atoms with Gasteiger partial charge in [-0.05, 0) is 30.1 Å². The first-order valence-corrected chi connectivity index (χ1v) is 6.17. The second kappa shape index (κ2) is 3.23. The Morgan fingerprint density at radius 2 is 2.07 bits per heavy atom. The fourth-order valence-electron chi connectivity index (χ4n) is 3.83. The van der Waals surface area contributed by atoms with E-state index in [1.54, 1.807) is 0 Å². The van der Waals surface area contributed by atoms with Crippen LogP contribution in [0.5, 0.6) is 0 Å². The molecule has 2 heteroatoms. The third-order valence-electron chi connectivity index (χ3n) is 4.18. The lowest BCUT2D eigenvalue weighted by atomic mass is 9.79. The Morgan fingerprint density at radius 3 is 2.53 bits per heavy atom. The van der Waals surface area contributed by atoms with Gasteiger partial charge < -0.3 is 4.90 Å². The highest BCUT2D eigenvalue weighted by Gasteiger charge is 2.56. The normalized spacial score (nSPS) is 37.3. The molecule has 0 aromatic heterocycles. The molecule has 1 amide bonds. The molecule has 1 saturated heterocycles. The Labute approximate surface area is 93.0 Å². The first-order valence-electron chi connectivity index (χ1n) is 6.17. The summed E-state index contributed by atoms with van der Waals surface area (Å²) in [5.41, 5.74) is 0.730. The van der Waals surface area contributed by atoms with Crippen molar-refractivity contribution in [2.45, 2.75) is 59.4 Å². The van der Waals surface area contributed by atoms with Crippen LogP contribution in [0.4, 0.5) is 0 Å². The number of rotatable bonds is 2. The fourth-order valence-corrected chi connectivity index (χ4v) is 3.83. The van der Waals surface area contributed by atoms with Crippen LogP contribution >= 0.6 is 0 Å². The maximum atomic E-state index is 12.0. The summed E-state index contributed by atoms with van der Waals surface area (Å²) >= 11 is 0. The van der Waals surface area contributed by atoms with E-state index in [-0.39, 0.29) is 0 Å². The van der Waals surface area contributed by atoms with Crippen LogP contribution in [0.2, 0.25) is 0 Å². The van der Waals surface area contributed by atoms with Crippen LogP contribution < -0.4 is 0 Å². The van der Waals surface area contributed by atoms with Crippen molar-refractivity contribution in [2.24, 2.45) is 10.8 Å². The van der Waals surface area contributed by atoms with Crippen molar-refractivity contribution in [1.82, 2.24) is 4.90 Å². The minimum absolute atomic E-state index is 0.330. The van der Waals surface area contributed by atoms with Crippen molar-refractivity contribution in [3.63, 3.8) is 0 Å². The second-order valence-electron chi connectivity index (χ2n) is 6.47. The van der Waals surface area contributed by atoms with Crippen LogP contribution in [-0.2, 0) is 4.79 Å². The van der Waals surface area contributed by atoms with E-state index in [0.29, 0.717) is 22.8 Å². The quantitative estimate of drug-likeness (QED) is 0.685. The molecule has 1 aliphatic carbocycles. The maximum Gasteiger partial charge on any atom is 0.222 e. The smallest absolute Gasteiger partial charge is 0.222 e. The van der Waals surface area contributed by atoms with Crippen molar-refractivity contribution in [3.05, 3.63) is 0 Å². The van der Waals surface area contributed by atoms with E-state index >= 15 is 0 Å². The second-order valence-corrected chi connectivity index (χ2v) is 6.47. The molecule has 1 heterocycles. The van der Waals surface area contributed by atoms with Gasteiger partial charge in [0.25, 0.3) is 0 Å². The van der Waals surface area contributed by atoms with Crippen molar-refractivity contribution in [3.8, 4) is 0 Å². The van der Waals surface area contributed by atoms with Crippen molar-refractivity contribution < 1.29 is 4.79 Å². The summed E-state index contributed by atoms with van der Waals surface area (Å²) in [7, 11) is 0. The molecule has 0 unspecified atom stereocenters. The minimum atomic E-state index is 0.330. The molecule has 2 atom stereocenters. The molecule has 0 aromatic rings. The molecule has 0 spiro atoms. The topological polar surface area (TPSA) is 20.3 Å². The lowest BCUT2D eigenvalue weighted by Crippen LogP contribution is -2.47. The summed E-state index contributed by atoms with van der Waals surface area (Å²) in [6, 6.07) is 0.501. The molecule has 86 valence electrons. The fraction of sp³-hybridized carbons (Fsp3) is 0.923. The Kier molecular flexibility index (Phi) is 2.36. The number of fused-ring (bicyclic) bond motifs is 2. The van der Waals surface area contributed by atoms with Gasteiger partial charge in [0, 0.05) is 19.0 Å². The van der Waals surface area contributed by atoms with Crippen LogP contribution in [0.1, 0.15) is 53.4 Å². The largest absolute Gasteiger partial charge is 0.339 e. The molecular formula is C13H23NO. The number of carbonyl (C=O) groups is 1. The molecule has 0 aromatic carbocycles. The Bertz CT molecular complexity index is 282. The van der Waals surface area contributed by atoms with Crippen LogP contribution in [0.25, 0.3) is 0 Å². The van der Waals surface area contributed by atoms with E-state index in [4.69, 9.17) is 0 Å². The Hall–Kier alpha value is -0.530. The molecule has 0 N–H and O–H groups in total. The Balaban J connectivity index is 2.15. The number of nitrogens with zero attached hydrogens (tertiary/aromatic N) is 1. The summed E-state index contributed by atoms with van der Waals surface area (Å²) in [5, 5.41) is 0. The van der Waals surface area contributed by atoms with Gasteiger partial charge in [0.2, 0.25) is 5.91 Å². The molecule has 1 aliphatic heterocycles. The van der Waals surface area contributed by atoms with E-state index in [0.717, 1.165) is 19.4 Å². The Morgan fingerprint density at radius 1 is 1.40 bits per heavy atom. The molecule has 15 heavy (non-hydrogen) atoms. The first kappa shape index (κ1) is 11.0. The highest BCUT2D eigenvalue weighted by atomic mass is 16.2. The average molecular weight is 209 g/mol. The molecule has 0 radical (unpaired) electrons. The summed E-state index contributed by atoms with van der Waals surface area (Å²) in [5.74, 6) is 0.374. The van der Waals surface area contributed by atoms with Crippen LogP contribution in [0.15, 0.2) is 0 Å². The van der Waals surface area contributed by atoms with Crippen LogP contribution in [-0.4, -0.2) is 23.4 Å². The van der Waals surface area contributed by atoms with Gasteiger partial charge in [-0.2, -0.15) is 0 Å². The highest BCUT2D eigenvalue weighted by Crippen LogP contribution is 2.56. The standard InChI is InChI=1S/C13H23NO/c1-5-6-11(15)14-9-13(4)7-10(14)12(2,3)8-13/h10H,5-9H2,1-4H3/t10-,13-/m0/s1. The summed E-state index contributed by atoms with van der Waals surface area (Å²) in [6.07, 6.45) is 4.19. The van der Waals surface area contributed by atoms with Crippen LogP contribution in [0, 0.1) is 10.8 Å². The third-order valence-corrected chi connectivity index (χ3v) is 4.18. The lowest BCUT2D eigenvalue weighted by molar-refractivity contribution is -0.136. The van der Waals surface area contributed by atoms with Gasteiger partial charge in [-0.25, -0.2) is 0 Å². The van der Waals surface area contributed by atoms with E-state index in [1.807, 2.05) is 0 Å². The van der Waals surface area contributed by atoms with Gasteiger partial charge in [-0.3, -0.25) is 4.79 Å². The predicted octanol–water partition coefficient (Wildman–Crippen LogP) is 2.82. The number of amides is 1. The minimum Gasteiger partial charge on any atom is -0.339 e. The summed E-state index contributed by atoms with van der Waals surface area (Å²) in [6.45, 7) is 10.1. The highest BCUT2D eigenvalue weighted by molar-refractivity contribution is 5.77. The first-order chi connectivity index (χ1) is 6.88. The maximum absolute atomic E-state index is 12.0. The molecule has 2 rings (SSSR count). The lowest BCUT2D eigenvalue weighted by Gasteiger charge is -2.41.